The summed E-state index contributed by atoms with van der Waals surface area (Å²) in [5.74, 6) is -0.242. The summed E-state index contributed by atoms with van der Waals surface area (Å²) in [4.78, 5) is 20.2. The fourth-order valence-electron chi connectivity index (χ4n) is 2.89. The van der Waals surface area contributed by atoms with Gasteiger partial charge in [-0.05, 0) is 17.0 Å². The largest absolute Gasteiger partial charge is 0.340 e. The van der Waals surface area contributed by atoms with Gasteiger partial charge in [0.05, 0.1) is 0 Å². The van der Waals surface area contributed by atoms with Gasteiger partial charge in [-0.2, -0.15) is 0 Å². The maximum Gasteiger partial charge on any atom is 0.340 e. The fourth-order valence-corrected chi connectivity index (χ4v) is 4.53. The van der Waals surface area contributed by atoms with E-state index in [4.69, 9.17) is 0 Å². The SMILES string of the molecule is CC(C)C(c1ccccc1)(c1ccccc1)P(=O)(O)O. The van der Waals surface area contributed by atoms with Crippen LogP contribution in [0.5, 0.6) is 0 Å². The van der Waals surface area contributed by atoms with Crippen LogP contribution in [0.1, 0.15) is 25.0 Å². The second kappa shape index (κ2) is 5.53. The highest BCUT2D eigenvalue weighted by Crippen LogP contribution is 2.64. The molecule has 2 aromatic carbocycles. The summed E-state index contributed by atoms with van der Waals surface area (Å²) in [6.07, 6.45) is 0. The maximum absolute atomic E-state index is 12.4. The Kier molecular flexibility index (Phi) is 4.14. The molecule has 20 heavy (non-hydrogen) atoms. The van der Waals surface area contributed by atoms with Gasteiger partial charge in [-0.3, -0.25) is 4.57 Å². The zero-order chi connectivity index (χ0) is 14.8. The lowest BCUT2D eigenvalue weighted by atomic mass is 9.81. The van der Waals surface area contributed by atoms with Crippen LogP contribution in [0.3, 0.4) is 0 Å². The van der Waals surface area contributed by atoms with Crippen molar-refractivity contribution in [2.45, 2.75) is 19.0 Å². The van der Waals surface area contributed by atoms with Gasteiger partial charge in [0, 0.05) is 0 Å². The van der Waals surface area contributed by atoms with Gasteiger partial charge >= 0.3 is 7.60 Å². The van der Waals surface area contributed by atoms with Crippen molar-refractivity contribution in [3.8, 4) is 0 Å². The zero-order valence-corrected chi connectivity index (χ0v) is 12.5. The summed E-state index contributed by atoms with van der Waals surface area (Å²) in [7, 11) is -4.41. The standard InChI is InChI=1S/C16H19O3P/c1-13(2)16(20(17,18)19,14-9-5-3-6-10-14)15-11-7-4-8-12-15/h3-13H,1-2H3,(H2,17,18,19). The van der Waals surface area contributed by atoms with E-state index in [0.29, 0.717) is 11.1 Å². The fraction of sp³-hybridized carbons (Fsp3) is 0.250. The smallest absolute Gasteiger partial charge is 0.324 e. The van der Waals surface area contributed by atoms with E-state index in [1.165, 1.54) is 0 Å². The van der Waals surface area contributed by atoms with Crippen LogP contribution in [0.25, 0.3) is 0 Å². The third kappa shape index (κ3) is 2.33. The van der Waals surface area contributed by atoms with Crippen LogP contribution in [-0.2, 0) is 9.72 Å². The first-order valence-corrected chi connectivity index (χ1v) is 8.18. The maximum atomic E-state index is 12.4. The van der Waals surface area contributed by atoms with Gasteiger partial charge in [0.2, 0.25) is 0 Å². The minimum absolute atomic E-state index is 0.242. The lowest BCUT2D eigenvalue weighted by Crippen LogP contribution is -2.33. The zero-order valence-electron chi connectivity index (χ0n) is 11.6. The van der Waals surface area contributed by atoms with Crippen molar-refractivity contribution in [1.82, 2.24) is 0 Å². The molecule has 2 N–H and O–H groups in total. The summed E-state index contributed by atoms with van der Waals surface area (Å²) in [6.45, 7) is 3.69. The molecule has 0 saturated carbocycles. The second-order valence-corrected chi connectivity index (χ2v) is 6.99. The molecule has 4 heteroatoms. The van der Waals surface area contributed by atoms with Crippen LogP contribution >= 0.6 is 7.60 Å². The van der Waals surface area contributed by atoms with E-state index in [9.17, 15) is 14.4 Å². The Bertz CT molecular complexity index is 563. The minimum atomic E-state index is -4.41. The molecular formula is C16H19O3P. The highest BCUT2D eigenvalue weighted by Gasteiger charge is 2.52. The Balaban J connectivity index is 2.81. The van der Waals surface area contributed by atoms with E-state index in [2.05, 4.69) is 0 Å². The topological polar surface area (TPSA) is 57.5 Å². The van der Waals surface area contributed by atoms with Crippen molar-refractivity contribution in [2.24, 2.45) is 5.92 Å². The van der Waals surface area contributed by atoms with Gasteiger partial charge in [0.25, 0.3) is 0 Å². The Morgan fingerprint density at radius 3 is 1.45 bits per heavy atom. The molecule has 0 heterocycles. The van der Waals surface area contributed by atoms with Gasteiger partial charge in [-0.1, -0.05) is 74.5 Å². The van der Waals surface area contributed by atoms with Crippen LogP contribution in [0.15, 0.2) is 60.7 Å². The molecular weight excluding hydrogens is 271 g/mol. The Labute approximate surface area is 119 Å². The van der Waals surface area contributed by atoms with Gasteiger partial charge in [0.15, 0.2) is 0 Å². The first kappa shape index (κ1) is 15.0. The van der Waals surface area contributed by atoms with E-state index in [0.717, 1.165) is 0 Å². The molecule has 0 aliphatic rings. The molecule has 0 unspecified atom stereocenters. The van der Waals surface area contributed by atoms with Crippen molar-refractivity contribution < 1.29 is 14.4 Å². The average Bonchev–Trinajstić information content (AvgIpc) is 2.40. The van der Waals surface area contributed by atoms with Crippen molar-refractivity contribution in [1.29, 1.82) is 0 Å². The average molecular weight is 290 g/mol. The molecule has 0 aromatic heterocycles. The van der Waals surface area contributed by atoms with Gasteiger partial charge in [-0.15, -0.1) is 0 Å². The Morgan fingerprint density at radius 2 is 1.20 bits per heavy atom. The monoisotopic (exact) mass is 290 g/mol. The minimum Gasteiger partial charge on any atom is -0.324 e. The van der Waals surface area contributed by atoms with Gasteiger partial charge in [0.1, 0.15) is 5.16 Å². The molecule has 0 spiro atoms. The first-order chi connectivity index (χ1) is 9.40. The summed E-state index contributed by atoms with van der Waals surface area (Å²) in [5.41, 5.74) is 1.30. The van der Waals surface area contributed by atoms with E-state index in [1.54, 1.807) is 24.3 Å². The summed E-state index contributed by atoms with van der Waals surface area (Å²) in [6, 6.07) is 18.1. The van der Waals surface area contributed by atoms with Gasteiger partial charge in [-0.25, -0.2) is 0 Å². The highest BCUT2D eigenvalue weighted by atomic mass is 31.2. The molecule has 2 rings (SSSR count). The quantitative estimate of drug-likeness (QED) is 0.843. The molecule has 0 aliphatic heterocycles. The highest BCUT2D eigenvalue weighted by molar-refractivity contribution is 7.53. The van der Waals surface area contributed by atoms with Crippen LogP contribution in [0, 0.1) is 5.92 Å². The molecule has 106 valence electrons. The molecule has 0 aliphatic carbocycles. The van der Waals surface area contributed by atoms with Crippen LogP contribution in [-0.4, -0.2) is 9.79 Å². The van der Waals surface area contributed by atoms with Crippen LogP contribution in [0.4, 0.5) is 0 Å². The summed E-state index contributed by atoms with van der Waals surface area (Å²) in [5, 5.41) is -1.31. The summed E-state index contributed by atoms with van der Waals surface area (Å²) < 4.78 is 12.4. The first-order valence-electron chi connectivity index (χ1n) is 6.57. The van der Waals surface area contributed by atoms with Crippen LogP contribution in [0.2, 0.25) is 0 Å². The third-order valence-electron chi connectivity index (χ3n) is 3.72. The van der Waals surface area contributed by atoms with Gasteiger partial charge < -0.3 is 9.79 Å². The van der Waals surface area contributed by atoms with E-state index < -0.39 is 12.8 Å². The lowest BCUT2D eigenvalue weighted by Gasteiger charge is -2.39. The van der Waals surface area contributed by atoms with Crippen molar-refractivity contribution in [3.05, 3.63) is 71.8 Å². The van der Waals surface area contributed by atoms with Crippen molar-refractivity contribution in [2.75, 3.05) is 0 Å². The van der Waals surface area contributed by atoms with E-state index in [-0.39, 0.29) is 5.92 Å². The predicted octanol–water partition coefficient (Wildman–Crippen LogP) is 3.76. The predicted molar refractivity (Wildman–Crippen MR) is 80.5 cm³/mol. The van der Waals surface area contributed by atoms with E-state index >= 15 is 0 Å². The number of hydrogen-bond acceptors (Lipinski definition) is 1. The number of benzene rings is 2. The molecule has 0 saturated heterocycles. The molecule has 0 radical (unpaired) electrons. The second-order valence-electron chi connectivity index (χ2n) is 5.20. The molecule has 0 atom stereocenters. The molecule has 2 aromatic rings. The van der Waals surface area contributed by atoms with Crippen molar-refractivity contribution in [3.63, 3.8) is 0 Å². The molecule has 0 amide bonds. The Morgan fingerprint density at radius 1 is 0.850 bits per heavy atom. The lowest BCUT2D eigenvalue weighted by molar-refractivity contribution is 0.310. The van der Waals surface area contributed by atoms with Crippen molar-refractivity contribution >= 4 is 7.60 Å². The normalized spacial score (nSPS) is 12.7. The molecule has 3 nitrogen and oxygen atoms in total. The van der Waals surface area contributed by atoms with Crippen LogP contribution < -0.4 is 0 Å². The molecule has 0 bridgehead atoms. The molecule has 0 fully saturated rings. The Hall–Kier alpha value is -1.41. The number of rotatable bonds is 4. The number of hydrogen-bond donors (Lipinski definition) is 2. The summed E-state index contributed by atoms with van der Waals surface area (Å²) >= 11 is 0. The van der Waals surface area contributed by atoms with E-state index in [1.807, 2.05) is 50.2 Å². The third-order valence-corrected chi connectivity index (χ3v) is 5.67.